The molecule has 0 amide bonds. The third kappa shape index (κ3) is 4.41. The van der Waals surface area contributed by atoms with Crippen LogP contribution in [0.2, 0.25) is 0 Å². The van der Waals surface area contributed by atoms with E-state index in [9.17, 15) is 9.59 Å². The zero-order valence-electron chi connectivity index (χ0n) is 19.9. The fourth-order valence-corrected chi connectivity index (χ4v) is 5.98. The highest BCUT2D eigenvalue weighted by Gasteiger charge is 2.48. The van der Waals surface area contributed by atoms with E-state index >= 15 is 0 Å². The number of thioether (sulfide) groups is 1. The Balaban J connectivity index is 0.000000601. The molecule has 6 nitrogen and oxygen atoms in total. The number of pyridine rings is 2. The molecule has 0 atom stereocenters. The molecule has 2 aliphatic rings. The number of hydrogen-bond donors (Lipinski definition) is 1. The number of nitrogens with one attached hydrogen (secondary N) is 1. The van der Waals surface area contributed by atoms with Gasteiger partial charge < -0.3 is 19.4 Å². The first kappa shape index (κ1) is 23.8. The van der Waals surface area contributed by atoms with Gasteiger partial charge in [-0.15, -0.1) is 11.8 Å². The van der Waals surface area contributed by atoms with Gasteiger partial charge in [0.1, 0.15) is 17.8 Å². The zero-order valence-corrected chi connectivity index (χ0v) is 20.8. The third-order valence-corrected chi connectivity index (χ3v) is 8.02. The molecule has 2 aromatic heterocycles. The van der Waals surface area contributed by atoms with E-state index in [-0.39, 0.29) is 12.0 Å². The van der Waals surface area contributed by atoms with Gasteiger partial charge in [-0.1, -0.05) is 12.5 Å². The Morgan fingerprint density at radius 2 is 1.94 bits per heavy atom. The number of ether oxygens (including phenoxy) is 1. The number of aldehydes is 1. The molecule has 0 radical (unpaired) electrons. The molecule has 0 saturated heterocycles. The second-order valence-electron chi connectivity index (χ2n) is 9.17. The number of carbonyl (C=O) groups is 1. The zero-order chi connectivity index (χ0) is 23.6. The van der Waals surface area contributed by atoms with Gasteiger partial charge in [0.2, 0.25) is 0 Å². The summed E-state index contributed by atoms with van der Waals surface area (Å²) >= 11 is 1.60. The minimum absolute atomic E-state index is 0.0245. The summed E-state index contributed by atoms with van der Waals surface area (Å²) in [5, 5.41) is 4.75. The van der Waals surface area contributed by atoms with Gasteiger partial charge >= 0.3 is 0 Å². The number of anilines is 1. The Kier molecular flexibility index (Phi) is 7.10. The van der Waals surface area contributed by atoms with Gasteiger partial charge in [-0.25, -0.2) is 4.98 Å². The Hall–Kier alpha value is -2.38. The largest absolute Gasteiger partial charge is 0.385 e. The topological polar surface area (TPSA) is 73.2 Å². The Bertz CT molecular complexity index is 1220. The number of hydrogen-bond acceptors (Lipinski definition) is 6. The van der Waals surface area contributed by atoms with Crippen LogP contribution < -0.4 is 10.7 Å². The Morgan fingerprint density at radius 3 is 2.52 bits per heavy atom. The molecule has 0 aliphatic heterocycles. The molecule has 33 heavy (non-hydrogen) atoms. The molecule has 0 bridgehead atoms. The maximum Gasteiger partial charge on any atom is 0.198 e. The van der Waals surface area contributed by atoms with Crippen molar-refractivity contribution in [2.75, 3.05) is 25.3 Å². The summed E-state index contributed by atoms with van der Waals surface area (Å²) in [6, 6.07) is 8.05. The smallest absolute Gasteiger partial charge is 0.198 e. The van der Waals surface area contributed by atoms with Crippen LogP contribution in [0.25, 0.3) is 21.9 Å². The Labute approximate surface area is 199 Å². The summed E-state index contributed by atoms with van der Waals surface area (Å²) in [5.74, 6) is 0.786. The lowest BCUT2D eigenvalue weighted by Crippen LogP contribution is -2.49. The van der Waals surface area contributed by atoms with Gasteiger partial charge in [0.15, 0.2) is 5.43 Å². The van der Waals surface area contributed by atoms with Crippen molar-refractivity contribution in [3.05, 3.63) is 40.1 Å². The Morgan fingerprint density at radius 1 is 1.24 bits per heavy atom. The van der Waals surface area contributed by atoms with Crippen molar-refractivity contribution >= 4 is 45.8 Å². The summed E-state index contributed by atoms with van der Waals surface area (Å²) in [7, 11) is 1.68. The third-order valence-electron chi connectivity index (χ3n) is 7.09. The molecule has 2 saturated carbocycles. The van der Waals surface area contributed by atoms with Crippen LogP contribution >= 0.6 is 11.8 Å². The van der Waals surface area contributed by atoms with Gasteiger partial charge in [-0.05, 0) is 75.0 Å². The lowest BCUT2D eigenvalue weighted by molar-refractivity contribution is -0.108. The van der Waals surface area contributed by atoms with Gasteiger partial charge in [-0.3, -0.25) is 4.79 Å². The highest BCUT2D eigenvalue weighted by atomic mass is 32.2. The van der Waals surface area contributed by atoms with E-state index in [1.165, 1.54) is 32.1 Å². The van der Waals surface area contributed by atoms with Crippen LogP contribution in [0.5, 0.6) is 0 Å². The van der Waals surface area contributed by atoms with Crippen LogP contribution in [-0.2, 0) is 16.1 Å². The average Bonchev–Trinajstić information content (AvgIpc) is 2.77. The number of benzene rings is 1. The molecule has 0 unspecified atom stereocenters. The number of aromatic nitrogens is 2. The van der Waals surface area contributed by atoms with Crippen molar-refractivity contribution in [3.63, 3.8) is 0 Å². The molecule has 3 aromatic rings. The molecule has 2 heterocycles. The lowest BCUT2D eigenvalue weighted by Gasteiger charge is -2.54. The van der Waals surface area contributed by atoms with Crippen molar-refractivity contribution in [3.8, 4) is 0 Å². The summed E-state index contributed by atoms with van der Waals surface area (Å²) in [5.41, 5.74) is 3.05. The average molecular weight is 468 g/mol. The number of nitrogens with zero attached hydrogens (tertiary/aromatic N) is 2. The van der Waals surface area contributed by atoms with Gasteiger partial charge in [0, 0.05) is 30.0 Å². The monoisotopic (exact) mass is 467 g/mol. The number of fused-ring (bicyclic) bond motifs is 2. The number of carbonyl (C=O) groups excluding carboxylic acids is 1. The number of rotatable bonds is 6. The minimum atomic E-state index is -0.0245. The van der Waals surface area contributed by atoms with Crippen LogP contribution in [0, 0.1) is 12.3 Å². The standard InChI is InChI=1S/C23H25N3O2S.C3H8O/c1-14-4-5-16-19(21(14)29-2)26(10-11-27)22-17(20(16)28)6-7-18(25-22)24-15-12-23(13-15)8-3-9-23;1-3-4-2/h4-7,11,15H,3,8-10,12-13H2,1-2H3,(H,24,25);3H2,1-2H3. The summed E-state index contributed by atoms with van der Waals surface area (Å²) in [4.78, 5) is 30.5. The SMILES string of the molecule is CCOC.CSc1c(C)ccc2c(=O)c3ccc(NC4CC5(CCC5)C4)nc3n(CC=O)c12. The van der Waals surface area contributed by atoms with Gasteiger partial charge in [-0.2, -0.15) is 0 Å². The molecule has 1 aromatic carbocycles. The number of aryl methyl sites for hydroxylation is 1. The normalized spacial score (nSPS) is 16.7. The molecule has 176 valence electrons. The van der Waals surface area contributed by atoms with E-state index < -0.39 is 0 Å². The molecule has 1 N–H and O–H groups in total. The summed E-state index contributed by atoms with van der Waals surface area (Å²) < 4.78 is 6.44. The second kappa shape index (κ2) is 9.85. The lowest BCUT2D eigenvalue weighted by atomic mass is 9.54. The van der Waals surface area contributed by atoms with Crippen LogP contribution in [0.15, 0.2) is 34.0 Å². The first-order valence-electron chi connectivity index (χ1n) is 11.7. The molecule has 1 spiro atoms. The highest BCUT2D eigenvalue weighted by molar-refractivity contribution is 7.98. The predicted octanol–water partition coefficient (Wildman–Crippen LogP) is 5.18. The molecule has 2 fully saturated rings. The van der Waals surface area contributed by atoms with E-state index in [2.05, 4.69) is 10.1 Å². The predicted molar refractivity (Wildman–Crippen MR) is 137 cm³/mol. The number of methoxy groups -OCH3 is 1. The fraction of sp³-hybridized carbons (Fsp3) is 0.500. The molecule has 2 aliphatic carbocycles. The summed E-state index contributed by atoms with van der Waals surface area (Å²) in [6.45, 7) is 4.98. The van der Waals surface area contributed by atoms with Crippen molar-refractivity contribution in [1.29, 1.82) is 0 Å². The van der Waals surface area contributed by atoms with Crippen molar-refractivity contribution in [2.24, 2.45) is 5.41 Å². The molecular formula is C26H33N3O3S. The van der Waals surface area contributed by atoms with Crippen molar-refractivity contribution in [2.45, 2.75) is 63.4 Å². The fourth-order valence-electron chi connectivity index (χ4n) is 5.18. The quantitative estimate of drug-likeness (QED) is 0.306. The van der Waals surface area contributed by atoms with E-state index in [0.717, 1.165) is 34.7 Å². The van der Waals surface area contributed by atoms with Crippen LogP contribution in [0.1, 0.15) is 44.6 Å². The van der Waals surface area contributed by atoms with E-state index in [0.29, 0.717) is 27.9 Å². The first-order valence-corrected chi connectivity index (χ1v) is 12.9. The maximum absolute atomic E-state index is 13.2. The van der Waals surface area contributed by atoms with E-state index in [4.69, 9.17) is 4.98 Å². The van der Waals surface area contributed by atoms with Crippen molar-refractivity contribution in [1.82, 2.24) is 9.55 Å². The maximum atomic E-state index is 13.2. The van der Waals surface area contributed by atoms with Crippen LogP contribution in [0.3, 0.4) is 0 Å². The van der Waals surface area contributed by atoms with Gasteiger partial charge in [0.25, 0.3) is 0 Å². The minimum Gasteiger partial charge on any atom is -0.385 e. The first-order chi connectivity index (χ1) is 16.0. The molecule has 5 rings (SSSR count). The van der Waals surface area contributed by atoms with E-state index in [1.807, 2.05) is 48.9 Å². The second-order valence-corrected chi connectivity index (χ2v) is 9.98. The highest BCUT2D eigenvalue weighted by Crippen LogP contribution is 2.56. The molecule has 7 heteroatoms. The van der Waals surface area contributed by atoms with Crippen molar-refractivity contribution < 1.29 is 9.53 Å². The van der Waals surface area contributed by atoms with Gasteiger partial charge in [0.05, 0.1) is 17.4 Å². The summed E-state index contributed by atoms with van der Waals surface area (Å²) in [6.07, 6.45) is 9.38. The van der Waals surface area contributed by atoms with Crippen LogP contribution in [-0.4, -0.2) is 41.9 Å². The van der Waals surface area contributed by atoms with E-state index in [1.54, 1.807) is 18.9 Å². The molecular weight excluding hydrogens is 434 g/mol. The van der Waals surface area contributed by atoms with Crippen LogP contribution in [0.4, 0.5) is 5.82 Å².